The van der Waals surface area contributed by atoms with Crippen LogP contribution in [-0.2, 0) is 11.3 Å². The third-order valence-electron chi connectivity index (χ3n) is 8.66. The SMILES string of the molecule is CC1CCC(CCn2c(N3CCOC[C@H]3c3ccccc3)nc3cc(-c4noc(=O)[nH]4)nc(-c4cnccn4)c32)CC1. The quantitative estimate of drug-likeness (QED) is 0.289. The minimum absolute atomic E-state index is 0.0188. The van der Waals surface area contributed by atoms with Gasteiger partial charge < -0.3 is 14.2 Å². The van der Waals surface area contributed by atoms with Crippen LogP contribution in [0.1, 0.15) is 50.6 Å². The highest BCUT2D eigenvalue weighted by Gasteiger charge is 2.31. The highest BCUT2D eigenvalue weighted by atomic mass is 16.5. The van der Waals surface area contributed by atoms with E-state index in [0.29, 0.717) is 42.8 Å². The Morgan fingerprint density at radius 1 is 1.05 bits per heavy atom. The smallest absolute Gasteiger partial charge is 0.377 e. The van der Waals surface area contributed by atoms with Crippen LogP contribution in [0.2, 0.25) is 0 Å². The number of hydrogen-bond acceptors (Lipinski definition) is 9. The monoisotopic (exact) mass is 566 g/mol. The van der Waals surface area contributed by atoms with Crippen molar-refractivity contribution in [2.75, 3.05) is 24.7 Å². The summed E-state index contributed by atoms with van der Waals surface area (Å²) in [5, 5.41) is 3.90. The molecule has 1 aliphatic heterocycles. The molecule has 1 saturated carbocycles. The first-order valence-corrected chi connectivity index (χ1v) is 14.8. The molecule has 2 aliphatic rings. The summed E-state index contributed by atoms with van der Waals surface area (Å²) in [5.74, 6) is 1.96. The van der Waals surface area contributed by atoms with Crippen molar-refractivity contribution in [1.29, 1.82) is 0 Å². The first kappa shape index (κ1) is 26.5. The normalized spacial score (nSPS) is 21.2. The van der Waals surface area contributed by atoms with E-state index < -0.39 is 5.76 Å². The van der Waals surface area contributed by atoms with Gasteiger partial charge in [0.2, 0.25) is 11.8 Å². The third kappa shape index (κ3) is 5.20. The highest BCUT2D eigenvalue weighted by molar-refractivity contribution is 5.93. The summed E-state index contributed by atoms with van der Waals surface area (Å²) in [6, 6.07) is 12.3. The summed E-state index contributed by atoms with van der Waals surface area (Å²) < 4.78 is 13.1. The van der Waals surface area contributed by atoms with Crippen molar-refractivity contribution in [3.05, 3.63) is 71.1 Å². The molecule has 11 nitrogen and oxygen atoms in total. The largest absolute Gasteiger partial charge is 0.439 e. The van der Waals surface area contributed by atoms with E-state index in [-0.39, 0.29) is 11.9 Å². The lowest BCUT2D eigenvalue weighted by molar-refractivity contribution is 0.0928. The van der Waals surface area contributed by atoms with E-state index in [1.807, 2.05) is 12.1 Å². The number of H-pyrrole nitrogens is 1. The lowest BCUT2D eigenvalue weighted by Crippen LogP contribution is -2.41. The maximum atomic E-state index is 11.8. The lowest BCUT2D eigenvalue weighted by atomic mass is 9.81. The van der Waals surface area contributed by atoms with Gasteiger partial charge in [-0.25, -0.2) is 14.8 Å². The average Bonchev–Trinajstić information content (AvgIpc) is 3.64. The van der Waals surface area contributed by atoms with Crippen LogP contribution in [-0.4, -0.2) is 54.4 Å². The van der Waals surface area contributed by atoms with Crippen molar-refractivity contribution < 1.29 is 9.26 Å². The lowest BCUT2D eigenvalue weighted by Gasteiger charge is -2.37. The Labute approximate surface area is 243 Å². The Bertz CT molecular complexity index is 1710. The number of anilines is 1. The summed E-state index contributed by atoms with van der Waals surface area (Å²) in [4.78, 5) is 35.9. The highest BCUT2D eigenvalue weighted by Crippen LogP contribution is 2.38. The average molecular weight is 567 g/mol. The molecule has 1 aliphatic carbocycles. The van der Waals surface area contributed by atoms with Gasteiger partial charge in [0.25, 0.3) is 0 Å². The fraction of sp³-hybridized carbons (Fsp3) is 0.419. The number of nitrogens with one attached hydrogen (secondary N) is 1. The summed E-state index contributed by atoms with van der Waals surface area (Å²) in [6.07, 6.45) is 11.2. The molecular weight excluding hydrogens is 532 g/mol. The first-order chi connectivity index (χ1) is 20.6. The molecule has 0 unspecified atom stereocenters. The van der Waals surface area contributed by atoms with Crippen molar-refractivity contribution in [2.24, 2.45) is 11.8 Å². The number of imidazole rings is 1. The molecule has 216 valence electrons. The molecule has 11 heteroatoms. The number of nitrogens with zero attached hydrogens (tertiary/aromatic N) is 7. The maximum Gasteiger partial charge on any atom is 0.439 e. The zero-order valence-electron chi connectivity index (χ0n) is 23.6. The third-order valence-corrected chi connectivity index (χ3v) is 8.66. The van der Waals surface area contributed by atoms with Crippen molar-refractivity contribution in [3.63, 3.8) is 0 Å². The fourth-order valence-electron chi connectivity index (χ4n) is 6.36. The van der Waals surface area contributed by atoms with Gasteiger partial charge >= 0.3 is 5.76 Å². The van der Waals surface area contributed by atoms with Crippen molar-refractivity contribution in [2.45, 2.75) is 51.6 Å². The fourth-order valence-corrected chi connectivity index (χ4v) is 6.36. The van der Waals surface area contributed by atoms with Crippen molar-refractivity contribution >= 4 is 17.0 Å². The van der Waals surface area contributed by atoms with Crippen LogP contribution >= 0.6 is 0 Å². The van der Waals surface area contributed by atoms with E-state index in [0.717, 1.165) is 35.9 Å². The Balaban J connectivity index is 1.40. The summed E-state index contributed by atoms with van der Waals surface area (Å²) in [7, 11) is 0. The van der Waals surface area contributed by atoms with Crippen molar-refractivity contribution in [1.82, 2.24) is 34.6 Å². The zero-order valence-corrected chi connectivity index (χ0v) is 23.6. The number of hydrogen-bond donors (Lipinski definition) is 1. The molecule has 0 spiro atoms. The van der Waals surface area contributed by atoms with Crippen LogP contribution in [0.25, 0.3) is 33.9 Å². The maximum absolute atomic E-state index is 11.8. The Morgan fingerprint density at radius 3 is 2.67 bits per heavy atom. The molecule has 0 bridgehead atoms. The second kappa shape index (κ2) is 11.5. The topological polar surface area (TPSA) is 128 Å². The Hall–Kier alpha value is -4.38. The molecule has 5 heterocycles. The van der Waals surface area contributed by atoms with Gasteiger partial charge in [0.05, 0.1) is 36.5 Å². The van der Waals surface area contributed by atoms with Crippen LogP contribution in [0.5, 0.6) is 0 Å². The first-order valence-electron chi connectivity index (χ1n) is 14.8. The molecule has 1 aromatic carbocycles. The van der Waals surface area contributed by atoms with E-state index >= 15 is 0 Å². The second-order valence-electron chi connectivity index (χ2n) is 11.4. The van der Waals surface area contributed by atoms with Crippen LogP contribution < -0.4 is 10.7 Å². The van der Waals surface area contributed by atoms with E-state index in [4.69, 9.17) is 19.2 Å². The summed E-state index contributed by atoms with van der Waals surface area (Å²) in [6.45, 7) is 5.07. The zero-order chi connectivity index (χ0) is 28.5. The van der Waals surface area contributed by atoms with Crippen LogP contribution in [0.15, 0.2) is 64.3 Å². The minimum atomic E-state index is -0.639. The molecule has 42 heavy (non-hydrogen) atoms. The number of morpholine rings is 1. The molecule has 2 fully saturated rings. The number of aromatic nitrogens is 7. The van der Waals surface area contributed by atoms with Crippen LogP contribution in [0.3, 0.4) is 0 Å². The number of aromatic amines is 1. The molecule has 0 amide bonds. The van der Waals surface area contributed by atoms with Crippen LogP contribution in [0, 0.1) is 11.8 Å². The van der Waals surface area contributed by atoms with Gasteiger partial charge in [-0.05, 0) is 29.9 Å². The minimum Gasteiger partial charge on any atom is -0.377 e. The molecule has 1 N–H and O–H groups in total. The molecule has 1 atom stereocenters. The van der Waals surface area contributed by atoms with Crippen molar-refractivity contribution in [3.8, 4) is 22.9 Å². The van der Waals surface area contributed by atoms with Gasteiger partial charge in [0, 0.05) is 25.5 Å². The number of benzene rings is 1. The number of ether oxygens (including phenoxy) is 1. The second-order valence-corrected chi connectivity index (χ2v) is 11.4. The number of aryl methyl sites for hydroxylation is 1. The number of rotatable bonds is 7. The summed E-state index contributed by atoms with van der Waals surface area (Å²) >= 11 is 0. The molecule has 5 aromatic rings. The van der Waals surface area contributed by atoms with Gasteiger partial charge in [-0.15, -0.1) is 0 Å². The predicted octanol–water partition coefficient (Wildman–Crippen LogP) is 5.03. The van der Waals surface area contributed by atoms with Gasteiger partial charge in [0.15, 0.2) is 0 Å². The molecule has 4 aromatic heterocycles. The summed E-state index contributed by atoms with van der Waals surface area (Å²) in [5.41, 5.74) is 4.53. The molecule has 0 radical (unpaired) electrons. The van der Waals surface area contributed by atoms with Crippen LogP contribution in [0.4, 0.5) is 5.95 Å². The Kier molecular flexibility index (Phi) is 7.25. The van der Waals surface area contributed by atoms with Gasteiger partial charge in [0.1, 0.15) is 17.1 Å². The molecular formula is C31H34N8O3. The van der Waals surface area contributed by atoms with E-state index in [9.17, 15) is 4.79 Å². The van der Waals surface area contributed by atoms with E-state index in [2.05, 4.69) is 60.8 Å². The predicted molar refractivity (Wildman–Crippen MR) is 158 cm³/mol. The molecule has 1 saturated heterocycles. The van der Waals surface area contributed by atoms with E-state index in [1.54, 1.807) is 18.6 Å². The molecule has 7 rings (SSSR count). The number of pyridine rings is 1. The number of fused-ring (bicyclic) bond motifs is 1. The standard InChI is InChI=1S/C31H34N8O3/c1-20-7-9-21(10-8-20)11-14-39-28-23(35-30(39)38-15-16-41-19-26(38)22-5-3-2-4-6-22)17-24(29-36-31(40)42-37-29)34-27(28)25-18-32-12-13-33-25/h2-6,12-13,17-18,20-21,26H,7-11,14-16,19H2,1H3,(H,36,37,40)/t20?,21?,26-/m0/s1. The Morgan fingerprint density at radius 2 is 1.90 bits per heavy atom. The van der Waals surface area contributed by atoms with Gasteiger partial charge in [-0.2, -0.15) is 0 Å². The van der Waals surface area contributed by atoms with Gasteiger partial charge in [-0.1, -0.05) is 68.1 Å². The van der Waals surface area contributed by atoms with E-state index in [1.165, 1.54) is 31.2 Å². The van der Waals surface area contributed by atoms with Gasteiger partial charge in [-0.3, -0.25) is 19.5 Å².